The zero-order chi connectivity index (χ0) is 43.4. The Kier molecular flexibility index (Phi) is 14.2. The minimum Gasteiger partial charge on any atom is -0.491 e. The molecule has 6 aromatic carbocycles. The summed E-state index contributed by atoms with van der Waals surface area (Å²) in [5.41, 5.74) is 6.56. The third kappa shape index (κ3) is 11.6. The number of anilines is 2. The lowest BCUT2D eigenvalue weighted by Crippen LogP contribution is -2.37. The number of rotatable bonds is 20. The van der Waals surface area contributed by atoms with E-state index in [-0.39, 0.29) is 24.8 Å². The lowest BCUT2D eigenvalue weighted by molar-refractivity contribution is -0.119. The van der Waals surface area contributed by atoms with Crippen LogP contribution in [-0.2, 0) is 29.0 Å². The standard InChI is InChI=1S/C51H46ClFN4O6/c52-44-31-40(19-23-46(44)62-32-35-11-6-13-39(53)27-35)56-50-43-29-37(18-22-45(43)54-33-55-50)36-16-20-41(21-17-36)61-26-25-60-24-5-3-1-2-4-9-34-10-7-14-42(28-34)63-47-15-8-12-38-30-48(58)57-51(59)49(38)47/h6-8,10-23,27-29,31,33H,1-5,9,24-26,30,32H2,(H,54,55,56)(H,57,58,59). The van der Waals surface area contributed by atoms with Gasteiger partial charge in [0.25, 0.3) is 5.91 Å². The minimum atomic E-state index is -0.421. The van der Waals surface area contributed by atoms with E-state index in [0.29, 0.717) is 64.6 Å². The lowest BCUT2D eigenvalue weighted by Gasteiger charge is -2.18. The number of imide groups is 1. The van der Waals surface area contributed by atoms with Crippen LogP contribution in [0, 0.1) is 5.82 Å². The number of fused-ring (bicyclic) bond motifs is 2. The number of unbranched alkanes of at least 4 members (excludes halogenated alkanes) is 4. The van der Waals surface area contributed by atoms with Gasteiger partial charge in [0.15, 0.2) is 0 Å². The smallest absolute Gasteiger partial charge is 0.261 e. The van der Waals surface area contributed by atoms with Gasteiger partial charge in [-0.2, -0.15) is 0 Å². The van der Waals surface area contributed by atoms with E-state index in [0.717, 1.165) is 72.0 Å². The number of halogens is 2. The molecule has 1 aliphatic rings. The summed E-state index contributed by atoms with van der Waals surface area (Å²) >= 11 is 6.55. The van der Waals surface area contributed by atoms with Gasteiger partial charge in [-0.1, -0.05) is 85.5 Å². The second kappa shape index (κ2) is 20.8. The van der Waals surface area contributed by atoms with Crippen LogP contribution < -0.4 is 24.8 Å². The van der Waals surface area contributed by atoms with E-state index in [9.17, 15) is 14.0 Å². The van der Waals surface area contributed by atoms with Gasteiger partial charge in [-0.05, 0) is 120 Å². The van der Waals surface area contributed by atoms with Crippen molar-refractivity contribution in [2.75, 3.05) is 25.1 Å². The van der Waals surface area contributed by atoms with Crippen molar-refractivity contribution in [3.63, 3.8) is 0 Å². The number of ether oxygens (including phenoxy) is 4. The molecule has 0 radical (unpaired) electrons. The molecule has 0 atom stereocenters. The predicted octanol–water partition coefficient (Wildman–Crippen LogP) is 11.6. The number of nitrogens with zero attached hydrogens (tertiary/aromatic N) is 2. The van der Waals surface area contributed by atoms with Crippen LogP contribution in [-0.4, -0.2) is 41.6 Å². The molecule has 12 heteroatoms. The van der Waals surface area contributed by atoms with Gasteiger partial charge in [0.2, 0.25) is 5.91 Å². The Balaban J connectivity index is 0.726. The van der Waals surface area contributed by atoms with Gasteiger partial charge >= 0.3 is 0 Å². The van der Waals surface area contributed by atoms with Gasteiger partial charge < -0.3 is 24.3 Å². The lowest BCUT2D eigenvalue weighted by atomic mass is 9.99. The van der Waals surface area contributed by atoms with E-state index >= 15 is 0 Å². The number of aromatic nitrogens is 2. The second-order valence-corrected chi connectivity index (χ2v) is 15.6. The van der Waals surface area contributed by atoms with E-state index in [1.54, 1.807) is 42.5 Å². The number of hydrogen-bond acceptors (Lipinski definition) is 9. The van der Waals surface area contributed by atoms with Gasteiger partial charge in [0, 0.05) is 17.7 Å². The number of amides is 2. The maximum absolute atomic E-state index is 13.6. The summed E-state index contributed by atoms with van der Waals surface area (Å²) in [5, 5.41) is 7.01. The van der Waals surface area contributed by atoms with Crippen LogP contribution in [0.5, 0.6) is 23.0 Å². The molecule has 1 aliphatic heterocycles. The van der Waals surface area contributed by atoms with Gasteiger partial charge in [0.1, 0.15) is 54.2 Å². The van der Waals surface area contributed by atoms with Gasteiger partial charge in [0.05, 0.1) is 29.1 Å². The molecule has 63 heavy (non-hydrogen) atoms. The van der Waals surface area contributed by atoms with Gasteiger partial charge in [-0.3, -0.25) is 14.9 Å². The zero-order valence-electron chi connectivity index (χ0n) is 34.6. The number of carbonyl (C=O) groups excluding carboxylic acids is 2. The van der Waals surface area contributed by atoms with Crippen molar-refractivity contribution >= 4 is 45.8 Å². The number of aryl methyl sites for hydroxylation is 1. The third-order valence-corrected chi connectivity index (χ3v) is 10.9. The summed E-state index contributed by atoms with van der Waals surface area (Å²) in [4.78, 5) is 33.2. The van der Waals surface area contributed by atoms with E-state index < -0.39 is 5.91 Å². The van der Waals surface area contributed by atoms with Crippen LogP contribution in [0.25, 0.3) is 22.0 Å². The molecule has 0 fully saturated rings. The van der Waals surface area contributed by atoms with Crippen molar-refractivity contribution in [2.24, 2.45) is 0 Å². The van der Waals surface area contributed by atoms with Crippen LogP contribution in [0.3, 0.4) is 0 Å². The Hall–Kier alpha value is -6.82. The first-order valence-corrected chi connectivity index (χ1v) is 21.4. The van der Waals surface area contributed by atoms with Crippen LogP contribution in [0.2, 0.25) is 5.02 Å². The van der Waals surface area contributed by atoms with E-state index in [1.807, 2.05) is 60.7 Å². The molecule has 2 N–H and O–H groups in total. The van der Waals surface area contributed by atoms with Crippen molar-refractivity contribution < 1.29 is 32.9 Å². The van der Waals surface area contributed by atoms with Crippen LogP contribution >= 0.6 is 11.6 Å². The first-order chi connectivity index (χ1) is 30.8. The highest BCUT2D eigenvalue weighted by molar-refractivity contribution is 6.32. The molecule has 0 unspecified atom stereocenters. The highest BCUT2D eigenvalue weighted by Crippen LogP contribution is 2.34. The first-order valence-electron chi connectivity index (χ1n) is 21.1. The Morgan fingerprint density at radius 2 is 1.49 bits per heavy atom. The highest BCUT2D eigenvalue weighted by Gasteiger charge is 2.26. The molecule has 1 aromatic heterocycles. The largest absolute Gasteiger partial charge is 0.491 e. The Labute approximate surface area is 370 Å². The zero-order valence-corrected chi connectivity index (χ0v) is 35.3. The minimum absolute atomic E-state index is 0.166. The molecule has 10 nitrogen and oxygen atoms in total. The molecular formula is C51H46ClFN4O6. The molecule has 0 saturated carbocycles. The number of benzene rings is 6. The van der Waals surface area contributed by atoms with E-state index in [1.165, 1.54) is 24.0 Å². The van der Waals surface area contributed by atoms with Crippen molar-refractivity contribution in [1.82, 2.24) is 15.3 Å². The van der Waals surface area contributed by atoms with E-state index in [2.05, 4.69) is 32.7 Å². The average molecular weight is 865 g/mol. The quantitative estimate of drug-likeness (QED) is 0.0570. The third-order valence-electron chi connectivity index (χ3n) is 10.6. The second-order valence-electron chi connectivity index (χ2n) is 15.2. The average Bonchev–Trinajstić information content (AvgIpc) is 3.28. The molecular weight excluding hydrogens is 819 g/mol. The fourth-order valence-corrected chi connectivity index (χ4v) is 7.68. The SMILES string of the molecule is O=C1Cc2cccc(Oc3cccc(CCCCCCCOCCOc4ccc(-c5ccc6ncnc(Nc7ccc(OCc8cccc(F)c8)c(Cl)c7)c6c5)cc4)c3)c2C(=O)N1. The van der Waals surface area contributed by atoms with Gasteiger partial charge in [-0.15, -0.1) is 0 Å². The summed E-state index contributed by atoms with van der Waals surface area (Å²) in [7, 11) is 0. The van der Waals surface area contributed by atoms with Crippen LogP contribution in [0.15, 0.2) is 134 Å². The molecule has 0 aliphatic carbocycles. The molecule has 0 bridgehead atoms. The number of hydrogen-bond donors (Lipinski definition) is 2. The van der Waals surface area contributed by atoms with E-state index in [4.69, 9.17) is 30.5 Å². The fourth-order valence-electron chi connectivity index (χ4n) is 7.45. The maximum Gasteiger partial charge on any atom is 0.261 e. The van der Waals surface area contributed by atoms with Crippen LogP contribution in [0.4, 0.5) is 15.9 Å². The topological polar surface area (TPSA) is 121 Å². The number of carbonyl (C=O) groups is 2. The number of nitrogens with one attached hydrogen (secondary N) is 2. The normalized spacial score (nSPS) is 12.2. The summed E-state index contributed by atoms with van der Waals surface area (Å²) in [6, 6.07) is 39.0. The highest BCUT2D eigenvalue weighted by atomic mass is 35.5. The molecule has 7 aromatic rings. The summed E-state index contributed by atoms with van der Waals surface area (Å²) < 4.78 is 37.3. The molecule has 2 heterocycles. The Morgan fingerprint density at radius 3 is 2.37 bits per heavy atom. The Morgan fingerprint density at radius 1 is 0.683 bits per heavy atom. The van der Waals surface area contributed by atoms with Crippen molar-refractivity contribution in [1.29, 1.82) is 0 Å². The van der Waals surface area contributed by atoms with Gasteiger partial charge in [-0.25, -0.2) is 14.4 Å². The summed E-state index contributed by atoms with van der Waals surface area (Å²) in [6.07, 6.45) is 8.06. The van der Waals surface area contributed by atoms with Crippen molar-refractivity contribution in [2.45, 2.75) is 51.6 Å². The first kappa shape index (κ1) is 42.9. The summed E-state index contributed by atoms with van der Waals surface area (Å²) in [5.74, 6) is 2.00. The predicted molar refractivity (Wildman–Crippen MR) is 243 cm³/mol. The van der Waals surface area contributed by atoms with Crippen LogP contribution in [0.1, 0.15) is 59.2 Å². The molecule has 8 rings (SSSR count). The summed E-state index contributed by atoms with van der Waals surface area (Å²) in [6.45, 7) is 1.88. The molecule has 2 amide bonds. The molecule has 320 valence electrons. The Bertz CT molecular complexity index is 2710. The molecule has 0 saturated heterocycles. The monoisotopic (exact) mass is 864 g/mol. The van der Waals surface area contributed by atoms with Crippen molar-refractivity contribution in [3.8, 4) is 34.1 Å². The fraction of sp³-hybridized carbons (Fsp3) is 0.216. The maximum atomic E-state index is 13.6. The molecule has 0 spiro atoms. The van der Waals surface area contributed by atoms with Crippen molar-refractivity contribution in [3.05, 3.63) is 167 Å².